The number of aryl methyl sites for hydroxylation is 2. The SMILES string of the molecule is Cc1ccc(-n2c(SCc3cn4ccsc4n3)nc3ccccc3c2=O)cc1C. The van der Waals surface area contributed by atoms with Crippen LogP contribution in [0.4, 0.5) is 0 Å². The molecule has 5 nitrogen and oxygen atoms in total. The molecule has 0 saturated carbocycles. The number of nitrogens with zero attached hydrogens (tertiary/aromatic N) is 4. The normalized spacial score (nSPS) is 11.5. The van der Waals surface area contributed by atoms with E-state index in [2.05, 4.69) is 18.8 Å². The minimum absolute atomic E-state index is 0.0489. The molecule has 7 heteroatoms. The fourth-order valence-corrected chi connectivity index (χ4v) is 4.90. The number of imidazole rings is 1. The van der Waals surface area contributed by atoms with E-state index in [0.717, 1.165) is 21.9 Å². The van der Waals surface area contributed by atoms with Crippen LogP contribution in [0, 0.1) is 13.8 Å². The van der Waals surface area contributed by atoms with Crippen molar-refractivity contribution in [2.24, 2.45) is 0 Å². The molecule has 0 unspecified atom stereocenters. The molecule has 0 N–H and O–H groups in total. The maximum Gasteiger partial charge on any atom is 0.266 e. The molecule has 0 aliphatic heterocycles. The van der Waals surface area contributed by atoms with Gasteiger partial charge in [0, 0.05) is 23.5 Å². The molecule has 0 atom stereocenters. The van der Waals surface area contributed by atoms with Gasteiger partial charge >= 0.3 is 0 Å². The number of aromatic nitrogens is 4. The molecule has 0 saturated heterocycles. The topological polar surface area (TPSA) is 52.2 Å². The lowest BCUT2D eigenvalue weighted by atomic mass is 10.1. The van der Waals surface area contributed by atoms with Gasteiger partial charge in [-0.25, -0.2) is 9.97 Å². The fourth-order valence-electron chi connectivity index (χ4n) is 3.29. The van der Waals surface area contributed by atoms with Crippen LogP contribution in [0.25, 0.3) is 21.6 Å². The first-order chi connectivity index (χ1) is 14.1. The predicted octanol–water partition coefficient (Wildman–Crippen LogP) is 5.00. The minimum atomic E-state index is -0.0489. The van der Waals surface area contributed by atoms with Gasteiger partial charge in [-0.2, -0.15) is 0 Å². The highest BCUT2D eigenvalue weighted by molar-refractivity contribution is 7.98. The Morgan fingerprint density at radius 1 is 1.07 bits per heavy atom. The highest BCUT2D eigenvalue weighted by atomic mass is 32.2. The van der Waals surface area contributed by atoms with Gasteiger partial charge in [0.25, 0.3) is 5.56 Å². The second-order valence-corrected chi connectivity index (χ2v) is 8.75. The molecule has 3 heterocycles. The number of rotatable bonds is 4. The lowest BCUT2D eigenvalue weighted by Crippen LogP contribution is -2.22. The molecule has 2 aromatic carbocycles. The van der Waals surface area contributed by atoms with Crippen LogP contribution in [0.2, 0.25) is 0 Å². The van der Waals surface area contributed by atoms with Gasteiger partial charge in [-0.1, -0.05) is 30.0 Å². The summed E-state index contributed by atoms with van der Waals surface area (Å²) in [5.74, 6) is 0.643. The molecule has 0 bridgehead atoms. The van der Waals surface area contributed by atoms with Crippen molar-refractivity contribution in [2.45, 2.75) is 24.8 Å². The van der Waals surface area contributed by atoms with E-state index in [-0.39, 0.29) is 5.56 Å². The summed E-state index contributed by atoms with van der Waals surface area (Å²) in [4.78, 5) is 23.8. The number of thiazole rings is 1. The van der Waals surface area contributed by atoms with Crippen molar-refractivity contribution in [2.75, 3.05) is 0 Å². The molecule has 0 fully saturated rings. The summed E-state index contributed by atoms with van der Waals surface area (Å²) < 4.78 is 3.74. The van der Waals surface area contributed by atoms with E-state index in [1.165, 1.54) is 17.3 Å². The summed E-state index contributed by atoms with van der Waals surface area (Å²) in [6.07, 6.45) is 4.03. The summed E-state index contributed by atoms with van der Waals surface area (Å²) in [5.41, 5.74) is 4.81. The average Bonchev–Trinajstić information content (AvgIpc) is 3.31. The molecule has 5 aromatic rings. The van der Waals surface area contributed by atoms with Gasteiger partial charge in [0.15, 0.2) is 10.1 Å². The molecule has 0 spiro atoms. The third kappa shape index (κ3) is 3.26. The van der Waals surface area contributed by atoms with Gasteiger partial charge in [-0.15, -0.1) is 11.3 Å². The standard InChI is InChI=1S/C22H18N4OS2/c1-14-7-8-17(11-15(14)2)26-20(27)18-5-3-4-6-19(18)24-22(26)29-13-16-12-25-9-10-28-21(25)23-16/h3-12H,13H2,1-2H3. The van der Waals surface area contributed by atoms with Crippen LogP contribution in [0.3, 0.4) is 0 Å². The summed E-state index contributed by atoms with van der Waals surface area (Å²) in [6, 6.07) is 13.6. The smallest absolute Gasteiger partial charge is 0.266 e. The summed E-state index contributed by atoms with van der Waals surface area (Å²) in [6.45, 7) is 4.13. The zero-order valence-electron chi connectivity index (χ0n) is 16.0. The van der Waals surface area contributed by atoms with Crippen molar-refractivity contribution in [3.05, 3.63) is 87.4 Å². The van der Waals surface area contributed by atoms with Crippen molar-refractivity contribution in [3.8, 4) is 5.69 Å². The first kappa shape index (κ1) is 18.1. The zero-order chi connectivity index (χ0) is 20.0. The summed E-state index contributed by atoms with van der Waals surface area (Å²) in [5, 5.41) is 3.31. The van der Waals surface area contributed by atoms with E-state index < -0.39 is 0 Å². The van der Waals surface area contributed by atoms with E-state index in [1.807, 2.05) is 64.6 Å². The zero-order valence-corrected chi connectivity index (χ0v) is 17.6. The quantitative estimate of drug-likeness (QED) is 0.304. The number of thioether (sulfide) groups is 1. The average molecular weight is 419 g/mol. The summed E-state index contributed by atoms with van der Waals surface area (Å²) in [7, 11) is 0. The van der Waals surface area contributed by atoms with Gasteiger partial charge in [-0.05, 0) is 49.2 Å². The molecule has 0 amide bonds. The molecule has 0 aliphatic carbocycles. The highest BCUT2D eigenvalue weighted by Crippen LogP contribution is 2.26. The molecule has 0 aliphatic rings. The van der Waals surface area contributed by atoms with Gasteiger partial charge in [-0.3, -0.25) is 13.8 Å². The lowest BCUT2D eigenvalue weighted by Gasteiger charge is -2.14. The van der Waals surface area contributed by atoms with E-state index in [1.54, 1.807) is 15.9 Å². The van der Waals surface area contributed by atoms with Gasteiger partial charge in [0.1, 0.15) is 0 Å². The summed E-state index contributed by atoms with van der Waals surface area (Å²) >= 11 is 3.14. The van der Waals surface area contributed by atoms with Crippen LogP contribution < -0.4 is 5.56 Å². The Hall–Kier alpha value is -2.90. The second-order valence-electron chi connectivity index (χ2n) is 6.93. The first-order valence-electron chi connectivity index (χ1n) is 9.23. The molecule has 0 radical (unpaired) electrons. The number of hydrogen-bond donors (Lipinski definition) is 0. The van der Waals surface area contributed by atoms with Crippen LogP contribution in [-0.4, -0.2) is 18.9 Å². The first-order valence-corrected chi connectivity index (χ1v) is 11.1. The van der Waals surface area contributed by atoms with Crippen LogP contribution >= 0.6 is 23.1 Å². The Kier molecular flexibility index (Phi) is 4.49. The van der Waals surface area contributed by atoms with Crippen LogP contribution in [-0.2, 0) is 5.75 Å². The lowest BCUT2D eigenvalue weighted by molar-refractivity contribution is 0.818. The van der Waals surface area contributed by atoms with Gasteiger partial charge in [0.05, 0.1) is 22.3 Å². The van der Waals surface area contributed by atoms with Crippen LogP contribution in [0.1, 0.15) is 16.8 Å². The number of hydrogen-bond acceptors (Lipinski definition) is 5. The molecule has 29 heavy (non-hydrogen) atoms. The Balaban J connectivity index is 1.62. The van der Waals surface area contributed by atoms with Crippen LogP contribution in [0.15, 0.2) is 70.2 Å². The Morgan fingerprint density at radius 3 is 2.76 bits per heavy atom. The fraction of sp³-hybridized carbons (Fsp3) is 0.136. The largest absolute Gasteiger partial charge is 0.297 e. The van der Waals surface area contributed by atoms with Crippen molar-refractivity contribution in [1.29, 1.82) is 0 Å². The highest BCUT2D eigenvalue weighted by Gasteiger charge is 2.15. The molecular formula is C22H18N4OS2. The monoisotopic (exact) mass is 418 g/mol. The number of benzene rings is 2. The van der Waals surface area contributed by atoms with E-state index in [9.17, 15) is 4.79 Å². The van der Waals surface area contributed by atoms with Gasteiger partial charge in [0.2, 0.25) is 0 Å². The van der Waals surface area contributed by atoms with Crippen molar-refractivity contribution >= 4 is 39.0 Å². The maximum atomic E-state index is 13.3. The Bertz CT molecular complexity index is 1390. The second kappa shape index (κ2) is 7.17. The van der Waals surface area contributed by atoms with Crippen molar-refractivity contribution in [1.82, 2.24) is 18.9 Å². The third-order valence-corrected chi connectivity index (χ3v) is 6.73. The maximum absolute atomic E-state index is 13.3. The molecule has 3 aromatic heterocycles. The van der Waals surface area contributed by atoms with E-state index >= 15 is 0 Å². The third-order valence-electron chi connectivity index (χ3n) is 4.99. The Morgan fingerprint density at radius 2 is 1.93 bits per heavy atom. The predicted molar refractivity (Wildman–Crippen MR) is 119 cm³/mol. The van der Waals surface area contributed by atoms with Gasteiger partial charge < -0.3 is 0 Å². The van der Waals surface area contributed by atoms with E-state index in [0.29, 0.717) is 21.8 Å². The van der Waals surface area contributed by atoms with Crippen molar-refractivity contribution < 1.29 is 0 Å². The van der Waals surface area contributed by atoms with Crippen molar-refractivity contribution in [3.63, 3.8) is 0 Å². The molecular weight excluding hydrogens is 400 g/mol. The Labute approximate surface area is 175 Å². The molecule has 5 rings (SSSR count). The number of fused-ring (bicyclic) bond motifs is 2. The minimum Gasteiger partial charge on any atom is -0.297 e. The van der Waals surface area contributed by atoms with Crippen LogP contribution in [0.5, 0.6) is 0 Å². The van der Waals surface area contributed by atoms with E-state index in [4.69, 9.17) is 4.98 Å². The molecule has 144 valence electrons. The number of para-hydroxylation sites is 1.